The van der Waals surface area contributed by atoms with Gasteiger partial charge in [0.25, 0.3) is 10.0 Å². The van der Waals surface area contributed by atoms with E-state index >= 15 is 0 Å². The number of hydrogen-bond donors (Lipinski definition) is 3. The minimum Gasteiger partial charge on any atom is -0.399 e. The largest absolute Gasteiger partial charge is 0.399 e. The van der Waals surface area contributed by atoms with Gasteiger partial charge < -0.3 is 5.73 Å². The minimum absolute atomic E-state index is 0.0333. The number of aryl methyl sites for hydroxylation is 1. The Morgan fingerprint density at radius 3 is 2.48 bits per heavy atom. The van der Waals surface area contributed by atoms with E-state index in [1.54, 1.807) is 0 Å². The van der Waals surface area contributed by atoms with Crippen molar-refractivity contribution in [2.75, 3.05) is 10.5 Å². The van der Waals surface area contributed by atoms with E-state index in [2.05, 4.69) is 10.2 Å². The van der Waals surface area contributed by atoms with Crippen molar-refractivity contribution in [1.29, 1.82) is 0 Å². The molecule has 0 aliphatic rings. The Hall–Kier alpha value is -2.16. The fourth-order valence-corrected chi connectivity index (χ4v) is 2.95. The number of aromatic nitrogens is 2. The van der Waals surface area contributed by atoms with Crippen molar-refractivity contribution in [3.63, 3.8) is 0 Å². The van der Waals surface area contributed by atoms with Crippen LogP contribution >= 0.6 is 0 Å². The van der Waals surface area contributed by atoms with Gasteiger partial charge in [0, 0.05) is 17.4 Å². The average molecular weight is 316 g/mol. The molecule has 0 bridgehead atoms. The summed E-state index contributed by atoms with van der Waals surface area (Å²) in [5.41, 5.74) is 5.76. The Labute approximate surface area is 120 Å². The van der Waals surface area contributed by atoms with Crippen LogP contribution in [0.15, 0.2) is 23.1 Å². The van der Waals surface area contributed by atoms with Gasteiger partial charge in [0.1, 0.15) is 11.6 Å². The van der Waals surface area contributed by atoms with Crippen molar-refractivity contribution in [3.8, 4) is 0 Å². The van der Waals surface area contributed by atoms with Crippen molar-refractivity contribution >= 4 is 21.5 Å². The monoisotopic (exact) mass is 316 g/mol. The predicted molar refractivity (Wildman–Crippen MR) is 74.2 cm³/mol. The highest BCUT2D eigenvalue weighted by atomic mass is 32.2. The average Bonchev–Trinajstić information content (AvgIpc) is 2.74. The van der Waals surface area contributed by atoms with Gasteiger partial charge >= 0.3 is 0 Å². The van der Waals surface area contributed by atoms with E-state index in [0.29, 0.717) is 12.1 Å². The van der Waals surface area contributed by atoms with Crippen molar-refractivity contribution in [3.05, 3.63) is 35.5 Å². The second-order valence-electron chi connectivity index (χ2n) is 4.45. The van der Waals surface area contributed by atoms with Crippen LogP contribution < -0.4 is 10.5 Å². The van der Waals surface area contributed by atoms with Crippen LogP contribution in [0.25, 0.3) is 0 Å². The summed E-state index contributed by atoms with van der Waals surface area (Å²) < 4.78 is 53.4. The maximum atomic E-state index is 13.7. The minimum atomic E-state index is -4.43. The first-order valence-electron chi connectivity index (χ1n) is 6.15. The zero-order valence-electron chi connectivity index (χ0n) is 11.2. The number of sulfonamides is 1. The van der Waals surface area contributed by atoms with E-state index in [0.717, 1.165) is 18.6 Å². The predicted octanol–water partition coefficient (Wildman–Crippen LogP) is 2.02. The fourth-order valence-electron chi connectivity index (χ4n) is 1.84. The number of anilines is 2. The van der Waals surface area contributed by atoms with E-state index in [-0.39, 0.29) is 11.5 Å². The van der Waals surface area contributed by atoms with Crippen LogP contribution in [-0.4, -0.2) is 18.6 Å². The van der Waals surface area contributed by atoms with Gasteiger partial charge in [0.2, 0.25) is 0 Å². The Balaban J connectivity index is 2.34. The van der Waals surface area contributed by atoms with Gasteiger partial charge in [-0.2, -0.15) is 5.10 Å². The third kappa shape index (κ3) is 3.30. The SMILES string of the molecule is CCCc1cc(NS(=O)(=O)c2c(F)cc(N)cc2F)n[nH]1. The first-order chi connectivity index (χ1) is 9.83. The maximum absolute atomic E-state index is 13.7. The Morgan fingerprint density at radius 1 is 1.29 bits per heavy atom. The van der Waals surface area contributed by atoms with E-state index in [1.165, 1.54) is 6.07 Å². The highest BCUT2D eigenvalue weighted by Gasteiger charge is 2.25. The lowest BCUT2D eigenvalue weighted by atomic mass is 10.2. The lowest BCUT2D eigenvalue weighted by Gasteiger charge is -2.08. The van der Waals surface area contributed by atoms with Crippen LogP contribution in [0, 0.1) is 11.6 Å². The number of benzene rings is 1. The van der Waals surface area contributed by atoms with Crippen molar-refractivity contribution < 1.29 is 17.2 Å². The molecule has 2 rings (SSSR count). The molecule has 0 saturated carbocycles. The third-order valence-corrected chi connectivity index (χ3v) is 4.08. The number of hydrogen-bond acceptors (Lipinski definition) is 4. The molecule has 0 saturated heterocycles. The van der Waals surface area contributed by atoms with Crippen LogP contribution in [0.4, 0.5) is 20.3 Å². The summed E-state index contributed by atoms with van der Waals surface area (Å²) in [5.74, 6) is -2.55. The number of H-pyrrole nitrogens is 1. The molecule has 21 heavy (non-hydrogen) atoms. The van der Waals surface area contributed by atoms with Crippen molar-refractivity contribution in [2.24, 2.45) is 0 Å². The summed E-state index contributed by atoms with van der Waals surface area (Å²) in [4.78, 5) is -1.09. The molecule has 9 heteroatoms. The second-order valence-corrected chi connectivity index (χ2v) is 6.07. The Bertz CT molecular complexity index is 735. The summed E-state index contributed by atoms with van der Waals surface area (Å²) in [5, 5.41) is 6.37. The Kier molecular flexibility index (Phi) is 4.12. The number of rotatable bonds is 5. The molecule has 0 amide bonds. The standard InChI is InChI=1S/C12H14F2N4O2S/c1-2-3-8-6-11(17-16-8)18-21(19,20)12-9(13)4-7(15)5-10(12)14/h4-6H,2-3,15H2,1H3,(H2,16,17,18). The molecular formula is C12H14F2N4O2S. The highest BCUT2D eigenvalue weighted by molar-refractivity contribution is 7.92. The van der Waals surface area contributed by atoms with Crippen LogP contribution in [0.2, 0.25) is 0 Å². The van der Waals surface area contributed by atoms with Crippen molar-refractivity contribution in [1.82, 2.24) is 10.2 Å². The quantitative estimate of drug-likeness (QED) is 0.735. The van der Waals surface area contributed by atoms with E-state index in [1.807, 2.05) is 11.6 Å². The molecule has 1 aromatic carbocycles. The third-order valence-electron chi connectivity index (χ3n) is 2.68. The van der Waals surface area contributed by atoms with Gasteiger partial charge in [-0.05, 0) is 18.6 Å². The summed E-state index contributed by atoms with van der Waals surface area (Å²) in [6, 6.07) is 2.95. The molecule has 0 aliphatic carbocycles. The van der Waals surface area contributed by atoms with Gasteiger partial charge in [0.15, 0.2) is 10.7 Å². The summed E-state index contributed by atoms with van der Waals surface area (Å²) in [6.45, 7) is 1.95. The zero-order valence-corrected chi connectivity index (χ0v) is 12.0. The second kappa shape index (κ2) is 5.68. The van der Waals surface area contributed by atoms with E-state index in [4.69, 9.17) is 5.73 Å². The molecule has 1 aromatic heterocycles. The molecule has 0 atom stereocenters. The van der Waals surface area contributed by atoms with Gasteiger partial charge in [-0.25, -0.2) is 17.2 Å². The van der Waals surface area contributed by atoms with Crippen LogP contribution in [0.3, 0.4) is 0 Å². The molecule has 0 fully saturated rings. The lowest BCUT2D eigenvalue weighted by molar-refractivity contribution is 0.522. The van der Waals surface area contributed by atoms with Gasteiger partial charge in [0.05, 0.1) is 0 Å². The topological polar surface area (TPSA) is 101 Å². The summed E-state index contributed by atoms with van der Waals surface area (Å²) in [7, 11) is -4.43. The molecule has 1 heterocycles. The van der Waals surface area contributed by atoms with Crippen LogP contribution in [-0.2, 0) is 16.4 Å². The smallest absolute Gasteiger partial charge is 0.268 e. The van der Waals surface area contributed by atoms with Crippen LogP contribution in [0.5, 0.6) is 0 Å². The molecule has 6 nitrogen and oxygen atoms in total. The first kappa shape index (κ1) is 15.2. The molecule has 0 radical (unpaired) electrons. The zero-order chi connectivity index (χ0) is 15.6. The van der Waals surface area contributed by atoms with Gasteiger partial charge in [-0.1, -0.05) is 13.3 Å². The van der Waals surface area contributed by atoms with Crippen molar-refractivity contribution in [2.45, 2.75) is 24.7 Å². The summed E-state index contributed by atoms with van der Waals surface area (Å²) >= 11 is 0. The van der Waals surface area contributed by atoms with E-state index in [9.17, 15) is 17.2 Å². The van der Waals surface area contributed by atoms with Gasteiger partial charge in [-0.15, -0.1) is 0 Å². The van der Waals surface area contributed by atoms with Gasteiger partial charge in [-0.3, -0.25) is 9.82 Å². The maximum Gasteiger partial charge on any atom is 0.268 e. The normalized spacial score (nSPS) is 11.6. The fraction of sp³-hybridized carbons (Fsp3) is 0.250. The number of nitrogens with one attached hydrogen (secondary N) is 2. The lowest BCUT2D eigenvalue weighted by Crippen LogP contribution is -2.17. The molecule has 0 aliphatic heterocycles. The summed E-state index contributed by atoms with van der Waals surface area (Å²) in [6.07, 6.45) is 1.52. The number of halogens is 2. The number of nitrogen functional groups attached to an aromatic ring is 1. The number of nitrogens with zero attached hydrogens (tertiary/aromatic N) is 1. The molecule has 114 valence electrons. The Morgan fingerprint density at radius 2 is 1.90 bits per heavy atom. The molecule has 0 unspecified atom stereocenters. The number of nitrogens with two attached hydrogens (primary N) is 1. The molecule has 4 N–H and O–H groups in total. The van der Waals surface area contributed by atoms with Crippen LogP contribution in [0.1, 0.15) is 19.0 Å². The van der Waals surface area contributed by atoms with E-state index < -0.39 is 26.6 Å². The molecular weight excluding hydrogens is 302 g/mol. The molecule has 0 spiro atoms. The number of aromatic amines is 1. The first-order valence-corrected chi connectivity index (χ1v) is 7.63. The molecule has 2 aromatic rings. The highest BCUT2D eigenvalue weighted by Crippen LogP contribution is 2.23.